The van der Waals surface area contributed by atoms with Gasteiger partial charge in [-0.05, 0) is 68.6 Å². The van der Waals surface area contributed by atoms with E-state index in [1.165, 1.54) is 44.2 Å². The minimum Gasteiger partial charge on any atom is -0.0761 e. The fourth-order valence-electron chi connectivity index (χ4n) is 4.41. The van der Waals surface area contributed by atoms with Crippen molar-refractivity contribution in [3.63, 3.8) is 0 Å². The number of fused-ring (bicyclic) bond motifs is 2. The van der Waals surface area contributed by atoms with Crippen LogP contribution >= 0.6 is 0 Å². The number of benzene rings is 3. The molecule has 5 rings (SSSR count). The predicted molar refractivity (Wildman–Crippen MR) is 118 cm³/mol. The van der Waals surface area contributed by atoms with Gasteiger partial charge in [0.05, 0.1) is 0 Å². The van der Waals surface area contributed by atoms with E-state index >= 15 is 0 Å². The maximum atomic E-state index is 2.37. The maximum Gasteiger partial charge on any atom is 0.00502 e. The van der Waals surface area contributed by atoms with Gasteiger partial charge in [0.1, 0.15) is 0 Å². The Morgan fingerprint density at radius 1 is 0.852 bits per heavy atom. The van der Waals surface area contributed by atoms with Gasteiger partial charge in [-0.1, -0.05) is 86.7 Å². The van der Waals surface area contributed by atoms with Gasteiger partial charge in [0.2, 0.25) is 0 Å². The first-order chi connectivity index (χ1) is 13.2. The summed E-state index contributed by atoms with van der Waals surface area (Å²) < 4.78 is 0. The van der Waals surface area contributed by atoms with Gasteiger partial charge in [0.15, 0.2) is 0 Å². The lowest BCUT2D eigenvalue weighted by Crippen LogP contribution is -2.01. The summed E-state index contributed by atoms with van der Waals surface area (Å²) in [7, 11) is 0. The Hall–Kier alpha value is -2.86. The molecule has 1 atom stereocenters. The van der Waals surface area contributed by atoms with Crippen molar-refractivity contribution < 1.29 is 0 Å². The Morgan fingerprint density at radius 2 is 1.67 bits per heavy atom. The molecule has 0 saturated carbocycles. The molecule has 0 N–H and O–H groups in total. The van der Waals surface area contributed by atoms with Gasteiger partial charge in [-0.2, -0.15) is 0 Å². The molecule has 0 fully saturated rings. The van der Waals surface area contributed by atoms with Crippen molar-refractivity contribution in [2.45, 2.75) is 26.2 Å². The van der Waals surface area contributed by atoms with Crippen LogP contribution in [0.2, 0.25) is 0 Å². The van der Waals surface area contributed by atoms with Crippen molar-refractivity contribution in [1.82, 2.24) is 0 Å². The third kappa shape index (κ3) is 2.86. The Bertz CT molecular complexity index is 1120. The lowest BCUT2D eigenvalue weighted by atomic mass is 9.89. The van der Waals surface area contributed by atoms with Crippen molar-refractivity contribution >= 4 is 28.0 Å². The average molecular weight is 348 g/mol. The molecule has 0 heterocycles. The van der Waals surface area contributed by atoms with Crippen LogP contribution in [0.5, 0.6) is 0 Å². The molecule has 0 bridgehead atoms. The van der Waals surface area contributed by atoms with Gasteiger partial charge in [-0.25, -0.2) is 0 Å². The topological polar surface area (TPSA) is 0 Å². The summed E-state index contributed by atoms with van der Waals surface area (Å²) in [6.07, 6.45) is 10.4. The van der Waals surface area contributed by atoms with E-state index in [1.807, 2.05) is 0 Å². The van der Waals surface area contributed by atoms with E-state index < -0.39 is 0 Å². The lowest BCUT2D eigenvalue weighted by molar-refractivity contribution is 0.584. The predicted octanol–water partition coefficient (Wildman–Crippen LogP) is 7.48. The fraction of sp³-hybridized carbons (Fsp3) is 0.185. The van der Waals surface area contributed by atoms with Crippen molar-refractivity contribution in [2.75, 3.05) is 0 Å². The van der Waals surface area contributed by atoms with E-state index in [9.17, 15) is 0 Å². The molecule has 2 aliphatic rings. The second kappa shape index (κ2) is 6.39. The fourth-order valence-corrected chi connectivity index (χ4v) is 4.41. The molecule has 0 saturated heterocycles. The molecule has 0 heteroatoms. The number of hydrogen-bond donors (Lipinski definition) is 0. The van der Waals surface area contributed by atoms with E-state index in [0.29, 0.717) is 11.8 Å². The van der Waals surface area contributed by atoms with Crippen molar-refractivity contribution in [3.8, 4) is 0 Å². The highest BCUT2D eigenvalue weighted by molar-refractivity contribution is 5.93. The number of hydrogen-bond acceptors (Lipinski definition) is 0. The van der Waals surface area contributed by atoms with E-state index in [1.54, 1.807) is 0 Å². The highest BCUT2D eigenvalue weighted by Gasteiger charge is 2.21. The largest absolute Gasteiger partial charge is 0.0761 e. The summed E-state index contributed by atoms with van der Waals surface area (Å²) in [6.45, 7) is 4.61. The van der Waals surface area contributed by atoms with E-state index in [-0.39, 0.29) is 0 Å². The molecule has 2 aliphatic carbocycles. The highest BCUT2D eigenvalue weighted by Crippen LogP contribution is 2.39. The molecular formula is C27H24. The van der Waals surface area contributed by atoms with Gasteiger partial charge < -0.3 is 0 Å². The summed E-state index contributed by atoms with van der Waals surface area (Å²) >= 11 is 0. The van der Waals surface area contributed by atoms with Gasteiger partial charge >= 0.3 is 0 Å². The van der Waals surface area contributed by atoms with Crippen LogP contribution in [-0.2, 0) is 0 Å². The van der Waals surface area contributed by atoms with Crippen LogP contribution in [0.25, 0.3) is 28.0 Å². The Balaban J connectivity index is 1.45. The number of allylic oxidation sites excluding steroid dienone is 5. The molecule has 3 aromatic carbocycles. The molecule has 27 heavy (non-hydrogen) atoms. The van der Waals surface area contributed by atoms with Crippen molar-refractivity contribution in [2.24, 2.45) is 5.92 Å². The molecule has 1 unspecified atom stereocenters. The highest BCUT2D eigenvalue weighted by atomic mass is 14.3. The first-order valence-corrected chi connectivity index (χ1v) is 9.91. The lowest BCUT2D eigenvalue weighted by Gasteiger charge is -2.15. The van der Waals surface area contributed by atoms with Crippen LogP contribution < -0.4 is 0 Å². The normalized spacial score (nSPS) is 18.1. The maximum absolute atomic E-state index is 2.37. The van der Waals surface area contributed by atoms with Gasteiger partial charge in [0.25, 0.3) is 0 Å². The minimum absolute atomic E-state index is 0.567. The summed E-state index contributed by atoms with van der Waals surface area (Å²) in [4.78, 5) is 0. The van der Waals surface area contributed by atoms with Crippen LogP contribution in [0.1, 0.15) is 48.4 Å². The van der Waals surface area contributed by atoms with Crippen LogP contribution in [-0.4, -0.2) is 0 Å². The molecule has 0 aliphatic heterocycles. The monoisotopic (exact) mass is 348 g/mol. The Morgan fingerprint density at radius 3 is 2.52 bits per heavy atom. The molecule has 0 amide bonds. The average Bonchev–Trinajstić information content (AvgIpc) is 3.34. The molecule has 0 radical (unpaired) electrons. The Labute approximate surface area is 161 Å². The third-order valence-corrected chi connectivity index (χ3v) is 5.97. The molecule has 3 aromatic rings. The molecule has 0 nitrogen and oxygen atoms in total. The van der Waals surface area contributed by atoms with Crippen LogP contribution in [0, 0.1) is 5.92 Å². The first-order valence-electron chi connectivity index (χ1n) is 9.91. The molecule has 132 valence electrons. The number of rotatable bonds is 3. The summed E-state index contributed by atoms with van der Waals surface area (Å²) in [5.74, 6) is 1.22. The standard InChI is InChI=1S/C27H24/c1-18(2)26-13-12-25-17-24(11-14-27(25)26)23-10-9-22(16-23)21-8-7-19-5-3-4-6-20(19)15-21/h3-9,11-18,26H,10H2,1-2H3. The Kier molecular flexibility index (Phi) is 3.86. The quantitative estimate of drug-likeness (QED) is 0.460. The van der Waals surface area contributed by atoms with E-state index in [4.69, 9.17) is 0 Å². The third-order valence-electron chi connectivity index (χ3n) is 5.97. The molecule has 0 aromatic heterocycles. The zero-order valence-electron chi connectivity index (χ0n) is 15.9. The van der Waals surface area contributed by atoms with Crippen molar-refractivity contribution in [3.05, 3.63) is 101 Å². The second-order valence-electron chi connectivity index (χ2n) is 8.07. The van der Waals surface area contributed by atoms with E-state index in [0.717, 1.165) is 6.42 Å². The van der Waals surface area contributed by atoms with Gasteiger partial charge in [-0.15, -0.1) is 0 Å². The van der Waals surface area contributed by atoms with Crippen molar-refractivity contribution in [1.29, 1.82) is 0 Å². The van der Waals surface area contributed by atoms with Gasteiger partial charge in [-0.3, -0.25) is 0 Å². The molecule has 0 spiro atoms. The summed E-state index contributed by atoms with van der Waals surface area (Å²) in [5, 5.41) is 2.61. The summed E-state index contributed by atoms with van der Waals surface area (Å²) in [6, 6.07) is 22.4. The van der Waals surface area contributed by atoms with E-state index in [2.05, 4.69) is 98.8 Å². The zero-order valence-corrected chi connectivity index (χ0v) is 15.9. The van der Waals surface area contributed by atoms with Crippen LogP contribution in [0.4, 0.5) is 0 Å². The van der Waals surface area contributed by atoms with Crippen LogP contribution in [0.15, 0.2) is 78.9 Å². The van der Waals surface area contributed by atoms with Gasteiger partial charge in [0, 0.05) is 5.92 Å². The zero-order chi connectivity index (χ0) is 18.4. The minimum atomic E-state index is 0.567. The van der Waals surface area contributed by atoms with Crippen LogP contribution in [0.3, 0.4) is 0 Å². The summed E-state index contributed by atoms with van der Waals surface area (Å²) in [5.41, 5.74) is 8.30. The SMILES string of the molecule is CC(C)C1C=Cc2cc(C3=CC(c4ccc5ccccc5c4)=CC3)ccc21. The second-order valence-corrected chi connectivity index (χ2v) is 8.07. The smallest absolute Gasteiger partial charge is 0.00502 e. The molecular weight excluding hydrogens is 324 g/mol. The first kappa shape index (κ1) is 16.3.